The van der Waals surface area contributed by atoms with E-state index in [1.807, 2.05) is 0 Å². The maximum absolute atomic E-state index is 13.7. The number of amides is 2. The number of methoxy groups -OCH3 is 1. The molecular weight excluding hydrogens is 327 g/mol. The van der Waals surface area contributed by atoms with Crippen molar-refractivity contribution in [3.63, 3.8) is 0 Å². The number of benzene rings is 2. The molecule has 132 valence electrons. The van der Waals surface area contributed by atoms with Gasteiger partial charge in [-0.05, 0) is 49.7 Å². The van der Waals surface area contributed by atoms with Crippen molar-refractivity contribution in [2.24, 2.45) is 0 Å². The summed E-state index contributed by atoms with van der Waals surface area (Å²) in [6, 6.07) is 8.09. The molecule has 7 heteroatoms. The highest BCUT2D eigenvalue weighted by Crippen LogP contribution is 2.28. The van der Waals surface area contributed by atoms with Crippen LogP contribution in [0.2, 0.25) is 0 Å². The number of rotatable bonds is 4. The molecule has 25 heavy (non-hydrogen) atoms. The number of halogens is 1. The van der Waals surface area contributed by atoms with Gasteiger partial charge in [0, 0.05) is 5.56 Å². The van der Waals surface area contributed by atoms with Crippen molar-refractivity contribution >= 4 is 17.5 Å². The summed E-state index contributed by atoms with van der Waals surface area (Å²) in [5.41, 5.74) is 1.06. The molecule has 1 unspecified atom stereocenters. The molecule has 0 radical (unpaired) electrons. The zero-order valence-corrected chi connectivity index (χ0v) is 14.1. The molecule has 2 rings (SSSR count). The van der Waals surface area contributed by atoms with Crippen LogP contribution in [0.3, 0.4) is 0 Å². The monoisotopic (exact) mass is 346 g/mol. The standard InChI is InChI=1S/C18H19FN2O4/c1-10-4-6-14(19)15(8-10)21-18(24)17(23)20-11(2)13-9-12(25-3)5-7-16(13)22/h4-9,11,22H,1-3H3,(H,20,23)(H,21,24). The average molecular weight is 346 g/mol. The number of carbonyl (C=O) groups excluding carboxylic acids is 2. The number of anilines is 1. The van der Waals surface area contributed by atoms with E-state index in [1.54, 1.807) is 32.0 Å². The maximum Gasteiger partial charge on any atom is 0.313 e. The Balaban J connectivity index is 2.08. The van der Waals surface area contributed by atoms with Crippen molar-refractivity contribution in [1.82, 2.24) is 5.32 Å². The third-order valence-electron chi connectivity index (χ3n) is 3.63. The van der Waals surface area contributed by atoms with E-state index in [1.165, 1.54) is 25.3 Å². The SMILES string of the molecule is COc1ccc(O)c(C(C)NC(=O)C(=O)Nc2cc(C)ccc2F)c1. The summed E-state index contributed by atoms with van der Waals surface area (Å²) in [7, 11) is 1.48. The van der Waals surface area contributed by atoms with E-state index in [0.717, 1.165) is 5.56 Å². The summed E-state index contributed by atoms with van der Waals surface area (Å²) in [5, 5.41) is 14.6. The number of ether oxygens (including phenoxy) is 1. The Kier molecular flexibility index (Phi) is 5.59. The largest absolute Gasteiger partial charge is 0.508 e. The van der Waals surface area contributed by atoms with Crippen molar-refractivity contribution in [3.8, 4) is 11.5 Å². The number of nitrogens with one attached hydrogen (secondary N) is 2. The first kappa shape index (κ1) is 18.3. The summed E-state index contributed by atoms with van der Waals surface area (Å²) in [4.78, 5) is 24.0. The summed E-state index contributed by atoms with van der Waals surface area (Å²) >= 11 is 0. The van der Waals surface area contributed by atoms with Crippen LogP contribution < -0.4 is 15.4 Å². The van der Waals surface area contributed by atoms with Crippen LogP contribution in [0.4, 0.5) is 10.1 Å². The first-order chi connectivity index (χ1) is 11.8. The molecule has 6 nitrogen and oxygen atoms in total. The van der Waals surface area contributed by atoms with Crippen LogP contribution in [0.25, 0.3) is 0 Å². The van der Waals surface area contributed by atoms with E-state index in [2.05, 4.69) is 10.6 Å². The van der Waals surface area contributed by atoms with Crippen LogP contribution in [-0.4, -0.2) is 24.0 Å². The lowest BCUT2D eigenvalue weighted by atomic mass is 10.1. The van der Waals surface area contributed by atoms with Gasteiger partial charge in [-0.1, -0.05) is 6.07 Å². The van der Waals surface area contributed by atoms with Gasteiger partial charge in [0.2, 0.25) is 0 Å². The molecule has 0 aliphatic rings. The van der Waals surface area contributed by atoms with Gasteiger partial charge in [0.25, 0.3) is 0 Å². The molecule has 1 atom stereocenters. The van der Waals surface area contributed by atoms with E-state index >= 15 is 0 Å². The lowest BCUT2D eigenvalue weighted by Gasteiger charge is -2.16. The second kappa shape index (κ2) is 7.65. The smallest absolute Gasteiger partial charge is 0.313 e. The van der Waals surface area contributed by atoms with E-state index in [9.17, 15) is 19.1 Å². The molecule has 0 saturated heterocycles. The molecule has 0 aromatic heterocycles. The van der Waals surface area contributed by atoms with Gasteiger partial charge in [-0.25, -0.2) is 4.39 Å². The third-order valence-corrected chi connectivity index (χ3v) is 3.63. The lowest BCUT2D eigenvalue weighted by molar-refractivity contribution is -0.136. The highest BCUT2D eigenvalue weighted by molar-refractivity contribution is 6.39. The summed E-state index contributed by atoms with van der Waals surface area (Å²) < 4.78 is 18.7. The van der Waals surface area contributed by atoms with Crippen LogP contribution in [0.15, 0.2) is 36.4 Å². The minimum Gasteiger partial charge on any atom is -0.508 e. The Morgan fingerprint density at radius 2 is 1.88 bits per heavy atom. The minimum absolute atomic E-state index is 0.0428. The van der Waals surface area contributed by atoms with Crippen LogP contribution in [0.5, 0.6) is 11.5 Å². The van der Waals surface area contributed by atoms with Gasteiger partial charge in [0.15, 0.2) is 0 Å². The fourth-order valence-electron chi connectivity index (χ4n) is 2.26. The molecule has 0 heterocycles. The number of hydrogen-bond donors (Lipinski definition) is 3. The minimum atomic E-state index is -1.00. The summed E-state index contributed by atoms with van der Waals surface area (Å²) in [5.74, 6) is -2.13. The quantitative estimate of drug-likeness (QED) is 0.743. The van der Waals surface area contributed by atoms with Gasteiger partial charge in [-0.3, -0.25) is 9.59 Å². The Hall–Kier alpha value is -3.09. The summed E-state index contributed by atoms with van der Waals surface area (Å²) in [6.07, 6.45) is 0. The number of phenols is 1. The lowest BCUT2D eigenvalue weighted by Crippen LogP contribution is -2.37. The van der Waals surface area contributed by atoms with Gasteiger partial charge < -0.3 is 20.5 Å². The number of phenolic OH excluding ortho intramolecular Hbond substituents is 1. The average Bonchev–Trinajstić information content (AvgIpc) is 2.58. The predicted molar refractivity (Wildman–Crippen MR) is 91.0 cm³/mol. The van der Waals surface area contributed by atoms with Crippen LogP contribution in [0.1, 0.15) is 24.1 Å². The second-order valence-corrected chi connectivity index (χ2v) is 5.56. The molecule has 2 aromatic rings. The number of carbonyl (C=O) groups is 2. The molecule has 2 aromatic carbocycles. The molecule has 0 aliphatic carbocycles. The van der Waals surface area contributed by atoms with Gasteiger partial charge in [-0.15, -0.1) is 0 Å². The summed E-state index contributed by atoms with van der Waals surface area (Å²) in [6.45, 7) is 3.34. The van der Waals surface area contributed by atoms with Crippen molar-refractivity contribution < 1.29 is 23.8 Å². The molecular formula is C18H19FN2O4. The van der Waals surface area contributed by atoms with Crippen molar-refractivity contribution in [3.05, 3.63) is 53.3 Å². The first-order valence-electron chi connectivity index (χ1n) is 7.56. The molecule has 0 spiro atoms. The van der Waals surface area contributed by atoms with E-state index in [-0.39, 0.29) is 11.4 Å². The van der Waals surface area contributed by atoms with Crippen LogP contribution in [-0.2, 0) is 9.59 Å². The predicted octanol–water partition coefficient (Wildman–Crippen LogP) is 2.66. The Bertz CT molecular complexity index is 808. The van der Waals surface area contributed by atoms with Gasteiger partial charge in [0.1, 0.15) is 17.3 Å². The molecule has 0 saturated carbocycles. The number of hydrogen-bond acceptors (Lipinski definition) is 4. The highest BCUT2D eigenvalue weighted by Gasteiger charge is 2.20. The van der Waals surface area contributed by atoms with Crippen LogP contribution in [0, 0.1) is 12.7 Å². The highest BCUT2D eigenvalue weighted by atomic mass is 19.1. The fraction of sp³-hybridized carbons (Fsp3) is 0.222. The molecule has 2 amide bonds. The number of aromatic hydroxyl groups is 1. The topological polar surface area (TPSA) is 87.7 Å². The number of aryl methyl sites for hydroxylation is 1. The second-order valence-electron chi connectivity index (χ2n) is 5.56. The molecule has 0 fully saturated rings. The van der Waals surface area contributed by atoms with E-state index in [0.29, 0.717) is 11.3 Å². The zero-order chi connectivity index (χ0) is 18.6. The van der Waals surface area contributed by atoms with Gasteiger partial charge in [-0.2, -0.15) is 0 Å². The van der Waals surface area contributed by atoms with Crippen molar-refractivity contribution in [2.75, 3.05) is 12.4 Å². The van der Waals surface area contributed by atoms with Gasteiger partial charge >= 0.3 is 11.8 Å². The van der Waals surface area contributed by atoms with Gasteiger partial charge in [0.05, 0.1) is 18.8 Å². The first-order valence-corrected chi connectivity index (χ1v) is 7.56. The van der Waals surface area contributed by atoms with E-state index < -0.39 is 23.7 Å². The Morgan fingerprint density at radius 3 is 2.56 bits per heavy atom. The van der Waals surface area contributed by atoms with Crippen molar-refractivity contribution in [1.29, 1.82) is 0 Å². The zero-order valence-electron chi connectivity index (χ0n) is 14.1. The van der Waals surface area contributed by atoms with Crippen LogP contribution >= 0.6 is 0 Å². The maximum atomic E-state index is 13.7. The van der Waals surface area contributed by atoms with E-state index in [4.69, 9.17) is 4.74 Å². The Labute approximate surface area is 144 Å². The van der Waals surface area contributed by atoms with Crippen molar-refractivity contribution in [2.45, 2.75) is 19.9 Å². The third kappa shape index (κ3) is 4.47. The Morgan fingerprint density at radius 1 is 1.16 bits per heavy atom. The molecule has 3 N–H and O–H groups in total. The fourth-order valence-corrected chi connectivity index (χ4v) is 2.26. The normalized spacial score (nSPS) is 11.5. The molecule has 0 bridgehead atoms. The molecule has 0 aliphatic heterocycles.